The van der Waals surface area contributed by atoms with Gasteiger partial charge in [-0.1, -0.05) is 11.6 Å². The van der Waals surface area contributed by atoms with Crippen molar-refractivity contribution >= 4 is 28.6 Å². The first-order chi connectivity index (χ1) is 11.3. The van der Waals surface area contributed by atoms with Crippen molar-refractivity contribution in [3.63, 3.8) is 0 Å². The van der Waals surface area contributed by atoms with Gasteiger partial charge in [0.05, 0.1) is 17.9 Å². The van der Waals surface area contributed by atoms with Crippen molar-refractivity contribution < 1.29 is 13.2 Å². The molecule has 1 N–H and O–H groups in total. The molecule has 3 rings (SSSR count). The summed E-state index contributed by atoms with van der Waals surface area (Å²) in [5.41, 5.74) is 0.647. The standard InChI is InChI=1S/C15H12ClF3N4S/c1-9-6-13(15(17,18)19)23(22-9)11-4-2-10(3-5-11)20-7-12-8-21-14(16)24-12/h2-6,8,20H,7H2,1H3. The maximum Gasteiger partial charge on any atom is 0.433 e. The monoisotopic (exact) mass is 372 g/mol. The SMILES string of the molecule is Cc1cc(C(F)(F)F)n(-c2ccc(NCc3cnc(Cl)s3)cc2)n1. The zero-order valence-electron chi connectivity index (χ0n) is 12.4. The van der Waals surface area contributed by atoms with E-state index in [0.717, 1.165) is 21.3 Å². The van der Waals surface area contributed by atoms with Gasteiger partial charge in [0.1, 0.15) is 5.69 Å². The van der Waals surface area contributed by atoms with Crippen molar-refractivity contribution in [1.29, 1.82) is 0 Å². The van der Waals surface area contributed by atoms with E-state index in [2.05, 4.69) is 15.4 Å². The third-order valence-corrected chi connectivity index (χ3v) is 4.34. The van der Waals surface area contributed by atoms with Crippen LogP contribution in [0.2, 0.25) is 4.47 Å². The lowest BCUT2D eigenvalue weighted by Crippen LogP contribution is -2.13. The van der Waals surface area contributed by atoms with Gasteiger partial charge in [-0.2, -0.15) is 18.3 Å². The van der Waals surface area contributed by atoms with Gasteiger partial charge in [-0.05, 0) is 37.3 Å². The molecule has 0 amide bonds. The van der Waals surface area contributed by atoms with E-state index in [1.807, 2.05) is 0 Å². The lowest BCUT2D eigenvalue weighted by Gasteiger charge is -2.11. The molecule has 9 heteroatoms. The third kappa shape index (κ3) is 3.70. The number of hydrogen-bond acceptors (Lipinski definition) is 4. The van der Waals surface area contributed by atoms with Crippen molar-refractivity contribution in [1.82, 2.24) is 14.8 Å². The highest BCUT2D eigenvalue weighted by atomic mass is 35.5. The van der Waals surface area contributed by atoms with Crippen LogP contribution in [0, 0.1) is 6.92 Å². The number of thiazole rings is 1. The first-order valence-electron chi connectivity index (χ1n) is 6.91. The van der Waals surface area contributed by atoms with E-state index < -0.39 is 11.9 Å². The van der Waals surface area contributed by atoms with E-state index in [-0.39, 0.29) is 0 Å². The van der Waals surface area contributed by atoms with Gasteiger partial charge in [-0.15, -0.1) is 11.3 Å². The van der Waals surface area contributed by atoms with Gasteiger partial charge in [-0.3, -0.25) is 0 Å². The predicted molar refractivity (Wildman–Crippen MR) is 87.8 cm³/mol. The average Bonchev–Trinajstić information content (AvgIpc) is 3.11. The van der Waals surface area contributed by atoms with Gasteiger partial charge in [0.2, 0.25) is 0 Å². The number of anilines is 1. The fourth-order valence-corrected chi connectivity index (χ4v) is 3.09. The summed E-state index contributed by atoms with van der Waals surface area (Å²) >= 11 is 7.13. The second-order valence-corrected chi connectivity index (χ2v) is 6.76. The zero-order chi connectivity index (χ0) is 17.3. The highest BCUT2D eigenvalue weighted by Gasteiger charge is 2.35. The number of hydrogen-bond donors (Lipinski definition) is 1. The summed E-state index contributed by atoms with van der Waals surface area (Å²) in [5.74, 6) is 0. The lowest BCUT2D eigenvalue weighted by molar-refractivity contribution is -0.142. The summed E-state index contributed by atoms with van der Waals surface area (Å²) in [6.07, 6.45) is -2.78. The Morgan fingerprint density at radius 3 is 2.54 bits per heavy atom. The lowest BCUT2D eigenvalue weighted by atomic mass is 10.2. The van der Waals surface area contributed by atoms with Gasteiger partial charge < -0.3 is 5.32 Å². The number of alkyl halides is 3. The van der Waals surface area contributed by atoms with Crippen LogP contribution in [0.1, 0.15) is 16.3 Å². The Bertz CT molecular complexity index is 839. The second-order valence-electron chi connectivity index (χ2n) is 5.06. The Morgan fingerprint density at radius 2 is 1.96 bits per heavy atom. The summed E-state index contributed by atoms with van der Waals surface area (Å²) < 4.78 is 40.5. The number of benzene rings is 1. The van der Waals surface area contributed by atoms with Crippen LogP contribution in [0.15, 0.2) is 36.5 Å². The molecular formula is C15H12ClF3N4S. The Labute approximate surface area is 144 Å². The second kappa shape index (κ2) is 6.45. The normalized spacial score (nSPS) is 11.7. The number of nitrogens with zero attached hydrogens (tertiary/aromatic N) is 3. The molecular weight excluding hydrogens is 361 g/mol. The topological polar surface area (TPSA) is 42.7 Å². The molecule has 0 saturated heterocycles. The highest BCUT2D eigenvalue weighted by Crippen LogP contribution is 2.31. The van der Waals surface area contributed by atoms with E-state index in [4.69, 9.17) is 11.6 Å². The average molecular weight is 373 g/mol. The van der Waals surface area contributed by atoms with E-state index >= 15 is 0 Å². The smallest absolute Gasteiger partial charge is 0.380 e. The van der Waals surface area contributed by atoms with Crippen molar-refractivity contribution in [2.45, 2.75) is 19.6 Å². The zero-order valence-corrected chi connectivity index (χ0v) is 14.0. The molecule has 0 bridgehead atoms. The Kier molecular flexibility index (Phi) is 4.51. The molecule has 0 spiro atoms. The molecule has 0 saturated carbocycles. The molecule has 2 heterocycles. The first-order valence-corrected chi connectivity index (χ1v) is 8.11. The van der Waals surface area contributed by atoms with Crippen molar-refractivity contribution in [2.75, 3.05) is 5.32 Å². The number of aromatic nitrogens is 3. The van der Waals surface area contributed by atoms with Gasteiger partial charge >= 0.3 is 6.18 Å². The summed E-state index contributed by atoms with van der Waals surface area (Å²) in [6.45, 7) is 2.07. The summed E-state index contributed by atoms with van der Waals surface area (Å²) in [4.78, 5) is 4.91. The van der Waals surface area contributed by atoms with Gasteiger partial charge in [-0.25, -0.2) is 9.67 Å². The van der Waals surface area contributed by atoms with Crippen LogP contribution in [-0.2, 0) is 12.7 Å². The van der Waals surface area contributed by atoms with E-state index in [1.165, 1.54) is 18.3 Å². The van der Waals surface area contributed by atoms with Crippen LogP contribution in [0.25, 0.3) is 5.69 Å². The number of halogens is 4. The van der Waals surface area contributed by atoms with Gasteiger partial charge in [0.25, 0.3) is 0 Å². The molecule has 2 aromatic heterocycles. The molecule has 0 aliphatic rings. The van der Waals surface area contributed by atoms with E-state index in [1.54, 1.807) is 30.5 Å². The maximum absolute atomic E-state index is 13.0. The van der Waals surface area contributed by atoms with Crippen LogP contribution in [0.3, 0.4) is 0 Å². The largest absolute Gasteiger partial charge is 0.433 e. The summed E-state index contributed by atoms with van der Waals surface area (Å²) in [6, 6.07) is 7.61. The fourth-order valence-electron chi connectivity index (χ4n) is 2.17. The van der Waals surface area contributed by atoms with Crippen LogP contribution in [-0.4, -0.2) is 14.8 Å². The number of nitrogens with one attached hydrogen (secondary N) is 1. The molecule has 126 valence electrons. The van der Waals surface area contributed by atoms with Gasteiger partial charge in [0.15, 0.2) is 4.47 Å². The molecule has 4 nitrogen and oxygen atoms in total. The molecule has 0 atom stereocenters. The minimum atomic E-state index is -4.45. The van der Waals surface area contributed by atoms with Crippen molar-refractivity contribution in [3.05, 3.63) is 57.3 Å². The molecule has 0 fully saturated rings. The Hall–Kier alpha value is -2.06. The van der Waals surface area contributed by atoms with Crippen LogP contribution >= 0.6 is 22.9 Å². The van der Waals surface area contributed by atoms with Crippen LogP contribution < -0.4 is 5.32 Å². The van der Waals surface area contributed by atoms with Crippen LogP contribution in [0.5, 0.6) is 0 Å². The van der Waals surface area contributed by atoms with Crippen LogP contribution in [0.4, 0.5) is 18.9 Å². The highest BCUT2D eigenvalue weighted by molar-refractivity contribution is 7.15. The Balaban J connectivity index is 1.77. The number of rotatable bonds is 4. The Morgan fingerprint density at radius 1 is 1.25 bits per heavy atom. The minimum Gasteiger partial charge on any atom is -0.380 e. The maximum atomic E-state index is 13.0. The first kappa shape index (κ1) is 16.8. The molecule has 0 unspecified atom stereocenters. The summed E-state index contributed by atoms with van der Waals surface area (Å²) in [7, 11) is 0. The molecule has 0 aliphatic carbocycles. The molecule has 1 aromatic carbocycles. The molecule has 0 aliphatic heterocycles. The molecule has 0 radical (unpaired) electrons. The van der Waals surface area contributed by atoms with Gasteiger partial charge in [0, 0.05) is 16.8 Å². The third-order valence-electron chi connectivity index (χ3n) is 3.23. The predicted octanol–water partition coefficient (Wildman–Crippen LogP) is 4.92. The van der Waals surface area contributed by atoms with E-state index in [0.29, 0.717) is 22.4 Å². The van der Waals surface area contributed by atoms with Crippen molar-refractivity contribution in [3.8, 4) is 5.69 Å². The molecule has 3 aromatic rings. The van der Waals surface area contributed by atoms with E-state index in [9.17, 15) is 13.2 Å². The molecule has 24 heavy (non-hydrogen) atoms. The van der Waals surface area contributed by atoms with Crippen molar-refractivity contribution in [2.24, 2.45) is 0 Å². The fraction of sp³-hybridized carbons (Fsp3) is 0.200. The summed E-state index contributed by atoms with van der Waals surface area (Å²) in [5, 5.41) is 7.09. The minimum absolute atomic E-state index is 0.312. The quantitative estimate of drug-likeness (QED) is 0.706. The number of aryl methyl sites for hydroxylation is 1.